The Balaban J connectivity index is 2.35. The van der Waals surface area contributed by atoms with Crippen LogP contribution in [0.4, 0.5) is 5.69 Å². The third-order valence-electron chi connectivity index (χ3n) is 2.63. The molecule has 0 unspecified atom stereocenters. The quantitative estimate of drug-likeness (QED) is 0.852. The number of benzene rings is 1. The van der Waals surface area contributed by atoms with Gasteiger partial charge in [0.15, 0.2) is 4.67 Å². The van der Waals surface area contributed by atoms with Crippen LogP contribution in [0.2, 0.25) is 5.02 Å². The summed E-state index contributed by atoms with van der Waals surface area (Å²) in [5.74, 6) is -1.54. The molecule has 21 heavy (non-hydrogen) atoms. The van der Waals surface area contributed by atoms with Crippen LogP contribution in [0.1, 0.15) is 20.7 Å². The molecule has 0 bridgehead atoms. The molecule has 0 aliphatic carbocycles. The maximum atomic E-state index is 12.0. The van der Waals surface area contributed by atoms with Crippen molar-refractivity contribution in [3.05, 3.63) is 45.3 Å². The second kappa shape index (κ2) is 6.19. The van der Waals surface area contributed by atoms with Crippen LogP contribution in [0.15, 0.2) is 33.5 Å². The predicted molar refractivity (Wildman–Crippen MR) is 79.3 cm³/mol. The second-order valence-corrected chi connectivity index (χ2v) is 5.03. The third-order valence-corrected chi connectivity index (χ3v) is 3.56. The Labute approximate surface area is 132 Å². The Morgan fingerprint density at radius 1 is 1.38 bits per heavy atom. The number of hydrogen-bond acceptors (Lipinski definition) is 4. The molecular weight excluding hydrogens is 366 g/mol. The van der Waals surface area contributed by atoms with Gasteiger partial charge in [-0.05, 0) is 28.1 Å². The van der Waals surface area contributed by atoms with Crippen LogP contribution in [0.5, 0.6) is 5.75 Å². The molecule has 1 amide bonds. The van der Waals surface area contributed by atoms with Crippen molar-refractivity contribution < 1.29 is 23.8 Å². The average molecular weight is 375 g/mol. The van der Waals surface area contributed by atoms with E-state index in [0.29, 0.717) is 0 Å². The van der Waals surface area contributed by atoms with Gasteiger partial charge in [0.05, 0.1) is 29.6 Å². The second-order valence-electron chi connectivity index (χ2n) is 3.90. The lowest BCUT2D eigenvalue weighted by atomic mass is 10.1. The first-order valence-corrected chi connectivity index (χ1v) is 6.76. The zero-order valence-electron chi connectivity index (χ0n) is 10.6. The number of aromatic carboxylic acids is 1. The summed E-state index contributed by atoms with van der Waals surface area (Å²) in [4.78, 5) is 23.1. The molecule has 0 saturated carbocycles. The van der Waals surface area contributed by atoms with E-state index in [4.69, 9.17) is 25.9 Å². The summed E-state index contributed by atoms with van der Waals surface area (Å²) in [6, 6.07) is 4.04. The number of carbonyl (C=O) groups excluding carboxylic acids is 1. The number of rotatable bonds is 4. The summed E-state index contributed by atoms with van der Waals surface area (Å²) in [6.07, 6.45) is 1.36. The molecule has 0 fully saturated rings. The summed E-state index contributed by atoms with van der Waals surface area (Å²) in [7, 11) is 1.33. The number of furan rings is 1. The summed E-state index contributed by atoms with van der Waals surface area (Å²) < 4.78 is 10.2. The summed E-state index contributed by atoms with van der Waals surface area (Å²) in [6.45, 7) is 0. The molecule has 110 valence electrons. The molecule has 1 heterocycles. The topological polar surface area (TPSA) is 88.8 Å². The normalized spacial score (nSPS) is 10.2. The highest BCUT2D eigenvalue weighted by atomic mass is 79.9. The van der Waals surface area contributed by atoms with Crippen LogP contribution in [-0.4, -0.2) is 24.1 Å². The Morgan fingerprint density at radius 2 is 2.10 bits per heavy atom. The zero-order chi connectivity index (χ0) is 15.6. The summed E-state index contributed by atoms with van der Waals surface area (Å²) in [5.41, 5.74) is 0.425. The van der Waals surface area contributed by atoms with Gasteiger partial charge in [0.25, 0.3) is 5.91 Å². The van der Waals surface area contributed by atoms with Crippen LogP contribution in [-0.2, 0) is 0 Å². The Kier molecular flexibility index (Phi) is 4.54. The van der Waals surface area contributed by atoms with Crippen molar-refractivity contribution >= 4 is 45.1 Å². The van der Waals surface area contributed by atoms with E-state index in [1.165, 1.54) is 31.6 Å². The number of carboxylic acids is 1. The minimum absolute atomic E-state index is 0.0844. The zero-order valence-corrected chi connectivity index (χ0v) is 13.0. The molecule has 0 aliphatic rings. The van der Waals surface area contributed by atoms with Gasteiger partial charge in [0, 0.05) is 6.07 Å². The highest BCUT2D eigenvalue weighted by Gasteiger charge is 2.18. The van der Waals surface area contributed by atoms with Crippen LogP contribution in [0.25, 0.3) is 0 Å². The van der Waals surface area contributed by atoms with Crippen LogP contribution in [0, 0.1) is 0 Å². The summed E-state index contributed by atoms with van der Waals surface area (Å²) in [5, 5.41) is 11.7. The number of nitrogens with one attached hydrogen (secondary N) is 1. The minimum Gasteiger partial charge on any atom is -0.496 e. The van der Waals surface area contributed by atoms with Crippen molar-refractivity contribution in [2.75, 3.05) is 12.4 Å². The largest absolute Gasteiger partial charge is 0.496 e. The molecule has 2 N–H and O–H groups in total. The number of anilines is 1. The third kappa shape index (κ3) is 3.20. The monoisotopic (exact) mass is 373 g/mol. The first-order chi connectivity index (χ1) is 9.93. The van der Waals surface area contributed by atoms with Crippen molar-refractivity contribution in [2.45, 2.75) is 0 Å². The fraction of sp³-hybridized carbons (Fsp3) is 0.0769. The molecule has 1 aromatic carbocycles. The molecule has 1 aromatic heterocycles. The van der Waals surface area contributed by atoms with Crippen molar-refractivity contribution in [1.29, 1.82) is 0 Å². The van der Waals surface area contributed by atoms with Crippen molar-refractivity contribution in [3.8, 4) is 5.75 Å². The standard InChI is InChI=1S/C13H9BrClNO5/c1-20-10-5-9(8(15)4-7(10)13(18)19)16-12(17)6-2-3-21-11(6)14/h2-5H,1H3,(H,16,17)(H,18,19). The van der Waals surface area contributed by atoms with Gasteiger partial charge in [0.2, 0.25) is 0 Å². The number of ether oxygens (including phenoxy) is 1. The molecule has 0 aliphatic heterocycles. The van der Waals surface area contributed by atoms with E-state index in [9.17, 15) is 9.59 Å². The molecule has 0 atom stereocenters. The molecule has 2 rings (SSSR count). The van der Waals surface area contributed by atoms with E-state index in [-0.39, 0.29) is 32.3 Å². The number of hydrogen-bond donors (Lipinski definition) is 2. The Hall–Kier alpha value is -1.99. The van der Waals surface area contributed by atoms with E-state index >= 15 is 0 Å². The fourth-order valence-corrected chi connectivity index (χ4v) is 2.26. The molecule has 8 heteroatoms. The number of carboxylic acid groups (broad SMARTS) is 1. The van der Waals surface area contributed by atoms with Gasteiger partial charge in [-0.2, -0.15) is 0 Å². The van der Waals surface area contributed by atoms with Crippen molar-refractivity contribution in [2.24, 2.45) is 0 Å². The summed E-state index contributed by atoms with van der Waals surface area (Å²) >= 11 is 9.07. The van der Waals surface area contributed by atoms with Gasteiger partial charge >= 0.3 is 5.97 Å². The molecule has 0 saturated heterocycles. The molecule has 0 spiro atoms. The van der Waals surface area contributed by atoms with Gasteiger partial charge < -0.3 is 19.6 Å². The number of halogens is 2. The molecule has 2 aromatic rings. The SMILES string of the molecule is COc1cc(NC(=O)c2ccoc2Br)c(Cl)cc1C(=O)O. The van der Waals surface area contributed by atoms with Crippen molar-refractivity contribution in [1.82, 2.24) is 0 Å². The highest BCUT2D eigenvalue weighted by molar-refractivity contribution is 9.10. The maximum absolute atomic E-state index is 12.0. The average Bonchev–Trinajstić information content (AvgIpc) is 2.86. The van der Waals surface area contributed by atoms with Crippen LogP contribution in [0.3, 0.4) is 0 Å². The van der Waals surface area contributed by atoms with E-state index < -0.39 is 11.9 Å². The van der Waals surface area contributed by atoms with Gasteiger partial charge in [0.1, 0.15) is 11.3 Å². The minimum atomic E-state index is -1.18. The van der Waals surface area contributed by atoms with E-state index in [2.05, 4.69) is 21.2 Å². The first kappa shape index (κ1) is 15.4. The van der Waals surface area contributed by atoms with Crippen molar-refractivity contribution in [3.63, 3.8) is 0 Å². The van der Waals surface area contributed by atoms with Gasteiger partial charge in [-0.1, -0.05) is 11.6 Å². The van der Waals surface area contributed by atoms with Gasteiger partial charge in [-0.25, -0.2) is 4.79 Å². The molecule has 0 radical (unpaired) electrons. The van der Waals surface area contributed by atoms with Gasteiger partial charge in [-0.3, -0.25) is 4.79 Å². The first-order valence-electron chi connectivity index (χ1n) is 5.59. The van der Waals surface area contributed by atoms with Crippen LogP contribution < -0.4 is 10.1 Å². The number of methoxy groups -OCH3 is 1. The number of carbonyl (C=O) groups is 2. The lowest BCUT2D eigenvalue weighted by Gasteiger charge is -2.11. The van der Waals surface area contributed by atoms with Gasteiger partial charge in [-0.15, -0.1) is 0 Å². The van der Waals surface area contributed by atoms with E-state index in [1.807, 2.05) is 0 Å². The fourth-order valence-electron chi connectivity index (χ4n) is 1.63. The van der Waals surface area contributed by atoms with E-state index in [0.717, 1.165) is 0 Å². The Morgan fingerprint density at radius 3 is 2.62 bits per heavy atom. The Bertz CT molecular complexity index is 713. The van der Waals surface area contributed by atoms with E-state index in [1.54, 1.807) is 0 Å². The lowest BCUT2D eigenvalue weighted by Crippen LogP contribution is -2.12. The maximum Gasteiger partial charge on any atom is 0.339 e. The smallest absolute Gasteiger partial charge is 0.339 e. The molecule has 6 nitrogen and oxygen atoms in total. The lowest BCUT2D eigenvalue weighted by molar-refractivity contribution is 0.0693. The molecular formula is C13H9BrClNO5. The highest BCUT2D eigenvalue weighted by Crippen LogP contribution is 2.31. The number of amides is 1. The predicted octanol–water partition coefficient (Wildman–Crippen LogP) is 3.65. The van der Waals surface area contributed by atoms with Crippen LogP contribution >= 0.6 is 27.5 Å².